The molecule has 0 bridgehead atoms. The first-order valence-electron chi connectivity index (χ1n) is 8.89. The number of nitrogens with zero attached hydrogens (tertiary/aromatic N) is 2. The smallest absolute Gasteiger partial charge is 0.338 e. The first kappa shape index (κ1) is 21.6. The lowest BCUT2D eigenvalue weighted by molar-refractivity contribution is -0.138. The Hall–Kier alpha value is -3.73. The van der Waals surface area contributed by atoms with Crippen LogP contribution in [0.5, 0.6) is 0 Å². The highest BCUT2D eigenvalue weighted by Crippen LogP contribution is 2.06. The van der Waals surface area contributed by atoms with E-state index in [0.717, 1.165) is 5.56 Å². The molecule has 2 aromatic rings. The van der Waals surface area contributed by atoms with Crippen LogP contribution in [0.4, 0.5) is 4.39 Å². The second kappa shape index (κ2) is 10.6. The molecule has 0 spiro atoms. The normalized spacial score (nSPS) is 9.97. The zero-order valence-electron chi connectivity index (χ0n) is 15.9. The van der Waals surface area contributed by atoms with E-state index in [2.05, 4.69) is 5.32 Å². The van der Waals surface area contributed by atoms with Crippen molar-refractivity contribution in [1.29, 1.82) is 5.26 Å². The summed E-state index contributed by atoms with van der Waals surface area (Å²) >= 11 is 0. The van der Waals surface area contributed by atoms with Crippen LogP contribution < -0.4 is 5.32 Å². The van der Waals surface area contributed by atoms with Gasteiger partial charge in [0, 0.05) is 13.1 Å². The van der Waals surface area contributed by atoms with Gasteiger partial charge in [0.25, 0.3) is 5.91 Å². The zero-order chi connectivity index (χ0) is 21.2. The molecule has 0 saturated carbocycles. The number of likely N-dealkylation sites (N-methyl/N-ethyl adjacent to an activating group) is 1. The molecule has 0 fully saturated rings. The molecule has 2 aromatic carbocycles. The van der Waals surface area contributed by atoms with Crippen molar-refractivity contribution in [3.05, 3.63) is 71.0 Å². The third-order valence-electron chi connectivity index (χ3n) is 4.03. The number of nitrogens with one attached hydrogen (secondary N) is 1. The monoisotopic (exact) mass is 397 g/mol. The van der Waals surface area contributed by atoms with Gasteiger partial charge in [-0.2, -0.15) is 5.26 Å². The standard InChI is InChI=1S/C21H20FN3O4/c1-2-25(13-19(26)24-12-15-6-8-18(22)9-7-15)20(27)14-29-21(28)17-5-3-4-16(10-17)11-23/h3-10H,2,12-14H2,1H3,(H,24,26). The van der Waals surface area contributed by atoms with Crippen molar-refractivity contribution in [2.45, 2.75) is 13.5 Å². The molecular weight excluding hydrogens is 377 g/mol. The van der Waals surface area contributed by atoms with Gasteiger partial charge in [-0.3, -0.25) is 9.59 Å². The number of hydrogen-bond donors (Lipinski definition) is 1. The van der Waals surface area contributed by atoms with Gasteiger partial charge in [0.05, 0.1) is 23.7 Å². The summed E-state index contributed by atoms with van der Waals surface area (Å²) in [5, 5.41) is 11.5. The Morgan fingerprint density at radius 1 is 1.17 bits per heavy atom. The molecule has 150 valence electrons. The molecule has 2 amide bonds. The van der Waals surface area contributed by atoms with E-state index < -0.39 is 24.4 Å². The Balaban J connectivity index is 1.82. The summed E-state index contributed by atoms with van der Waals surface area (Å²) in [6, 6.07) is 13.6. The van der Waals surface area contributed by atoms with Crippen LogP contribution in [0.15, 0.2) is 48.5 Å². The number of carbonyl (C=O) groups is 3. The topological polar surface area (TPSA) is 99.5 Å². The molecule has 0 aliphatic rings. The van der Waals surface area contributed by atoms with E-state index in [9.17, 15) is 18.8 Å². The van der Waals surface area contributed by atoms with Crippen molar-refractivity contribution in [2.24, 2.45) is 0 Å². The van der Waals surface area contributed by atoms with Gasteiger partial charge < -0.3 is 15.0 Å². The molecule has 0 aliphatic carbocycles. The van der Waals surface area contributed by atoms with Crippen molar-refractivity contribution in [2.75, 3.05) is 19.7 Å². The van der Waals surface area contributed by atoms with Crippen LogP contribution in [-0.2, 0) is 20.9 Å². The van der Waals surface area contributed by atoms with Crippen LogP contribution in [-0.4, -0.2) is 42.4 Å². The predicted molar refractivity (Wildman–Crippen MR) is 102 cm³/mol. The molecule has 29 heavy (non-hydrogen) atoms. The van der Waals surface area contributed by atoms with E-state index >= 15 is 0 Å². The van der Waals surface area contributed by atoms with Crippen molar-refractivity contribution in [3.63, 3.8) is 0 Å². The lowest BCUT2D eigenvalue weighted by atomic mass is 10.1. The van der Waals surface area contributed by atoms with E-state index in [1.807, 2.05) is 6.07 Å². The number of benzene rings is 2. The summed E-state index contributed by atoms with van der Waals surface area (Å²) in [5.74, 6) is -2.00. The Kier molecular flexibility index (Phi) is 7.86. The second-order valence-electron chi connectivity index (χ2n) is 6.08. The maximum absolute atomic E-state index is 12.9. The van der Waals surface area contributed by atoms with E-state index in [-0.39, 0.29) is 31.0 Å². The summed E-state index contributed by atoms with van der Waals surface area (Å²) in [4.78, 5) is 37.6. The van der Waals surface area contributed by atoms with Gasteiger partial charge in [-0.05, 0) is 42.8 Å². The molecule has 7 nitrogen and oxygen atoms in total. The molecular formula is C21H20FN3O4. The number of hydrogen-bond acceptors (Lipinski definition) is 5. The van der Waals surface area contributed by atoms with Crippen LogP contribution >= 0.6 is 0 Å². The molecule has 0 unspecified atom stereocenters. The van der Waals surface area contributed by atoms with Gasteiger partial charge in [0.15, 0.2) is 6.61 Å². The molecule has 0 heterocycles. The first-order valence-corrected chi connectivity index (χ1v) is 8.89. The van der Waals surface area contributed by atoms with E-state index in [1.165, 1.54) is 29.2 Å². The minimum Gasteiger partial charge on any atom is -0.452 e. The van der Waals surface area contributed by atoms with Gasteiger partial charge in [-0.25, -0.2) is 9.18 Å². The first-order chi connectivity index (χ1) is 13.9. The molecule has 0 saturated heterocycles. The highest BCUT2D eigenvalue weighted by molar-refractivity contribution is 5.92. The molecule has 0 aromatic heterocycles. The Morgan fingerprint density at radius 3 is 2.55 bits per heavy atom. The summed E-state index contributed by atoms with van der Waals surface area (Å²) in [7, 11) is 0. The molecule has 8 heteroatoms. The van der Waals surface area contributed by atoms with Crippen LogP contribution in [0, 0.1) is 17.1 Å². The minimum atomic E-state index is -0.729. The Labute approximate surface area is 167 Å². The second-order valence-corrected chi connectivity index (χ2v) is 6.08. The number of carbonyl (C=O) groups excluding carboxylic acids is 3. The van der Waals surface area contributed by atoms with E-state index in [4.69, 9.17) is 10.00 Å². The van der Waals surface area contributed by atoms with Gasteiger partial charge in [0.1, 0.15) is 5.82 Å². The summed E-state index contributed by atoms with van der Waals surface area (Å²) in [6.07, 6.45) is 0. The largest absolute Gasteiger partial charge is 0.452 e. The maximum atomic E-state index is 12.9. The summed E-state index contributed by atoms with van der Waals surface area (Å²) in [5.41, 5.74) is 1.19. The van der Waals surface area contributed by atoms with Crippen molar-refractivity contribution in [3.8, 4) is 6.07 Å². The van der Waals surface area contributed by atoms with Crippen molar-refractivity contribution < 1.29 is 23.5 Å². The summed E-state index contributed by atoms with van der Waals surface area (Å²) < 4.78 is 17.9. The van der Waals surface area contributed by atoms with Crippen molar-refractivity contribution in [1.82, 2.24) is 10.2 Å². The van der Waals surface area contributed by atoms with Crippen LogP contribution in [0.25, 0.3) is 0 Å². The number of nitriles is 1. The van der Waals surface area contributed by atoms with Crippen molar-refractivity contribution >= 4 is 17.8 Å². The quantitative estimate of drug-likeness (QED) is 0.687. The number of halogens is 1. The van der Waals surface area contributed by atoms with Gasteiger partial charge in [-0.1, -0.05) is 18.2 Å². The SMILES string of the molecule is CCN(CC(=O)NCc1ccc(F)cc1)C(=O)COC(=O)c1cccc(C#N)c1. The fourth-order valence-electron chi connectivity index (χ4n) is 2.43. The molecule has 1 N–H and O–H groups in total. The molecule has 0 atom stereocenters. The molecule has 0 radical (unpaired) electrons. The van der Waals surface area contributed by atoms with Crippen LogP contribution in [0.3, 0.4) is 0 Å². The highest BCUT2D eigenvalue weighted by Gasteiger charge is 2.18. The van der Waals surface area contributed by atoms with E-state index in [1.54, 1.807) is 31.2 Å². The van der Waals surface area contributed by atoms with Gasteiger partial charge in [0.2, 0.25) is 5.91 Å². The third kappa shape index (κ3) is 6.74. The highest BCUT2D eigenvalue weighted by atomic mass is 19.1. The van der Waals surface area contributed by atoms with Crippen LogP contribution in [0.2, 0.25) is 0 Å². The summed E-state index contributed by atoms with van der Waals surface area (Å²) in [6.45, 7) is 1.44. The average Bonchev–Trinajstić information content (AvgIpc) is 2.75. The number of ether oxygens (including phenoxy) is 1. The minimum absolute atomic E-state index is 0.164. The lowest BCUT2D eigenvalue weighted by Crippen LogP contribution is -2.42. The Bertz CT molecular complexity index is 922. The number of rotatable bonds is 8. The van der Waals surface area contributed by atoms with Gasteiger partial charge in [-0.15, -0.1) is 0 Å². The molecule has 0 aliphatic heterocycles. The predicted octanol–water partition coefficient (Wildman–Crippen LogP) is 2.02. The van der Waals surface area contributed by atoms with E-state index in [0.29, 0.717) is 5.56 Å². The van der Waals surface area contributed by atoms with Crippen LogP contribution in [0.1, 0.15) is 28.4 Å². The number of esters is 1. The average molecular weight is 397 g/mol. The number of amides is 2. The zero-order valence-corrected chi connectivity index (χ0v) is 15.9. The Morgan fingerprint density at radius 2 is 1.90 bits per heavy atom. The lowest BCUT2D eigenvalue weighted by Gasteiger charge is -2.20. The third-order valence-corrected chi connectivity index (χ3v) is 4.03. The molecule has 2 rings (SSSR count). The fraction of sp³-hybridized carbons (Fsp3) is 0.238. The maximum Gasteiger partial charge on any atom is 0.338 e. The fourth-order valence-corrected chi connectivity index (χ4v) is 2.43. The van der Waals surface area contributed by atoms with Gasteiger partial charge >= 0.3 is 5.97 Å².